The molecule has 2 aliphatic rings. The van der Waals surface area contributed by atoms with Crippen molar-refractivity contribution >= 4 is 40.9 Å². The number of fused-ring (bicyclic) bond motifs is 1. The molecule has 6 heteroatoms. The van der Waals surface area contributed by atoms with Crippen LogP contribution < -0.4 is 0 Å². The Balaban J connectivity index is 1.57. The van der Waals surface area contributed by atoms with Crippen molar-refractivity contribution in [2.24, 2.45) is 11.0 Å². The van der Waals surface area contributed by atoms with Crippen LogP contribution in [0.2, 0.25) is 10.0 Å². The molecular weight excluding hydrogens is 458 g/mol. The van der Waals surface area contributed by atoms with Crippen LogP contribution in [-0.4, -0.2) is 16.6 Å². The molecule has 1 fully saturated rings. The summed E-state index contributed by atoms with van der Waals surface area (Å²) in [7, 11) is 0. The van der Waals surface area contributed by atoms with E-state index in [9.17, 15) is 9.18 Å². The first-order valence-corrected chi connectivity index (χ1v) is 11.6. The average molecular weight is 479 g/mol. The Bertz CT molecular complexity index is 1230. The normalized spacial score (nSPS) is 21.1. The van der Waals surface area contributed by atoms with E-state index < -0.39 is 0 Å². The molecular formula is C27H21Cl2FN2O. The maximum absolute atomic E-state index is 13.5. The van der Waals surface area contributed by atoms with Gasteiger partial charge in [-0.1, -0.05) is 47.5 Å². The summed E-state index contributed by atoms with van der Waals surface area (Å²) in [6.07, 6.45) is 4.96. The first-order chi connectivity index (χ1) is 16.0. The van der Waals surface area contributed by atoms with E-state index in [-0.39, 0.29) is 23.7 Å². The highest BCUT2D eigenvalue weighted by Gasteiger charge is 2.43. The molecule has 0 bridgehead atoms. The van der Waals surface area contributed by atoms with Crippen molar-refractivity contribution in [3.05, 3.63) is 111 Å². The summed E-state index contributed by atoms with van der Waals surface area (Å²) in [6, 6.07) is 20.6. The smallest absolute Gasteiger partial charge is 0.267 e. The van der Waals surface area contributed by atoms with Crippen LogP contribution in [0.15, 0.2) is 83.5 Å². The van der Waals surface area contributed by atoms with Gasteiger partial charge in [-0.05, 0) is 90.6 Å². The van der Waals surface area contributed by atoms with E-state index in [1.54, 1.807) is 5.01 Å². The third-order valence-corrected chi connectivity index (χ3v) is 6.73. The molecule has 1 saturated carbocycles. The van der Waals surface area contributed by atoms with Crippen molar-refractivity contribution < 1.29 is 9.18 Å². The van der Waals surface area contributed by atoms with E-state index in [0.717, 1.165) is 41.7 Å². The summed E-state index contributed by atoms with van der Waals surface area (Å²) in [5.41, 5.74) is 4.49. The molecule has 5 rings (SSSR count). The Labute approximate surface area is 202 Å². The molecule has 0 N–H and O–H groups in total. The number of hydrazone groups is 1. The number of halogens is 3. The summed E-state index contributed by atoms with van der Waals surface area (Å²) < 4.78 is 13.5. The number of carbonyl (C=O) groups is 1. The lowest BCUT2D eigenvalue weighted by Crippen LogP contribution is -2.31. The lowest BCUT2D eigenvalue weighted by molar-refractivity contribution is 0.0681. The van der Waals surface area contributed by atoms with E-state index in [2.05, 4.69) is 6.08 Å². The molecule has 0 aromatic heterocycles. The van der Waals surface area contributed by atoms with Crippen molar-refractivity contribution in [1.29, 1.82) is 0 Å². The fourth-order valence-corrected chi connectivity index (χ4v) is 4.90. The Morgan fingerprint density at radius 1 is 0.939 bits per heavy atom. The van der Waals surface area contributed by atoms with Gasteiger partial charge in [-0.3, -0.25) is 4.79 Å². The minimum Gasteiger partial charge on any atom is -0.267 e. The van der Waals surface area contributed by atoms with Crippen molar-refractivity contribution in [2.75, 3.05) is 0 Å². The van der Waals surface area contributed by atoms with E-state index in [1.165, 1.54) is 24.3 Å². The van der Waals surface area contributed by atoms with E-state index in [1.807, 2.05) is 48.5 Å². The maximum atomic E-state index is 13.5. The van der Waals surface area contributed by atoms with Crippen LogP contribution in [0, 0.1) is 11.7 Å². The van der Waals surface area contributed by atoms with Gasteiger partial charge in [0.25, 0.3) is 5.91 Å². The Morgan fingerprint density at radius 3 is 2.24 bits per heavy atom. The SMILES string of the molecule is O=C(c1ccc(F)cc1)N1N=C2C(=Cc3ccc(Cl)cc3)CCCC2C1c1ccc(Cl)cc1. The maximum Gasteiger partial charge on any atom is 0.274 e. The average Bonchev–Trinajstić information content (AvgIpc) is 3.22. The minimum absolute atomic E-state index is 0.0721. The number of allylic oxidation sites excluding steroid dienone is 1. The molecule has 0 spiro atoms. The minimum atomic E-state index is -0.379. The zero-order valence-corrected chi connectivity index (χ0v) is 19.2. The molecule has 0 saturated heterocycles. The topological polar surface area (TPSA) is 32.7 Å². The summed E-state index contributed by atoms with van der Waals surface area (Å²) in [5.74, 6) is -0.555. The van der Waals surface area contributed by atoms with Gasteiger partial charge in [-0.15, -0.1) is 0 Å². The first kappa shape index (κ1) is 21.9. The lowest BCUT2D eigenvalue weighted by Gasteiger charge is -2.29. The van der Waals surface area contributed by atoms with Crippen LogP contribution in [0.4, 0.5) is 4.39 Å². The zero-order chi connectivity index (χ0) is 22.9. The number of carbonyl (C=O) groups excluding carboxylic acids is 1. The van der Waals surface area contributed by atoms with Gasteiger partial charge in [0.2, 0.25) is 0 Å². The highest BCUT2D eigenvalue weighted by atomic mass is 35.5. The molecule has 0 radical (unpaired) electrons. The Hall–Kier alpha value is -2.95. The summed E-state index contributed by atoms with van der Waals surface area (Å²) in [5, 5.41) is 7.76. The van der Waals surface area contributed by atoms with Gasteiger partial charge < -0.3 is 0 Å². The number of hydrogen-bond acceptors (Lipinski definition) is 2. The molecule has 1 amide bonds. The second-order valence-electron chi connectivity index (χ2n) is 8.36. The van der Waals surface area contributed by atoms with Crippen molar-refractivity contribution in [3.63, 3.8) is 0 Å². The molecule has 1 heterocycles. The number of hydrogen-bond donors (Lipinski definition) is 0. The molecule has 1 aliphatic heterocycles. The lowest BCUT2D eigenvalue weighted by atomic mass is 9.77. The molecule has 3 aromatic carbocycles. The van der Waals surface area contributed by atoms with Gasteiger partial charge in [-0.25, -0.2) is 9.40 Å². The summed E-state index contributed by atoms with van der Waals surface area (Å²) in [4.78, 5) is 13.5. The molecule has 33 heavy (non-hydrogen) atoms. The molecule has 1 aliphatic carbocycles. The van der Waals surface area contributed by atoms with Gasteiger partial charge in [0.15, 0.2) is 0 Å². The van der Waals surface area contributed by atoms with Crippen LogP contribution in [0.5, 0.6) is 0 Å². The fourth-order valence-electron chi connectivity index (χ4n) is 4.65. The second kappa shape index (κ2) is 9.12. The van der Waals surface area contributed by atoms with Gasteiger partial charge in [0, 0.05) is 21.5 Å². The van der Waals surface area contributed by atoms with Crippen molar-refractivity contribution in [3.8, 4) is 0 Å². The summed E-state index contributed by atoms with van der Waals surface area (Å²) >= 11 is 12.2. The highest BCUT2D eigenvalue weighted by molar-refractivity contribution is 6.30. The van der Waals surface area contributed by atoms with Crippen LogP contribution in [0.3, 0.4) is 0 Å². The van der Waals surface area contributed by atoms with Gasteiger partial charge in [-0.2, -0.15) is 5.10 Å². The summed E-state index contributed by atoms with van der Waals surface area (Å²) in [6.45, 7) is 0. The first-order valence-electron chi connectivity index (χ1n) is 10.9. The number of rotatable bonds is 3. The van der Waals surface area contributed by atoms with Crippen LogP contribution >= 0.6 is 23.2 Å². The van der Waals surface area contributed by atoms with Gasteiger partial charge in [0.1, 0.15) is 5.82 Å². The third-order valence-electron chi connectivity index (χ3n) is 6.22. The van der Waals surface area contributed by atoms with Gasteiger partial charge in [0.05, 0.1) is 11.8 Å². The molecule has 2 unspecified atom stereocenters. The zero-order valence-electron chi connectivity index (χ0n) is 17.7. The van der Waals surface area contributed by atoms with Crippen molar-refractivity contribution in [1.82, 2.24) is 5.01 Å². The number of benzene rings is 3. The van der Waals surface area contributed by atoms with Crippen LogP contribution in [-0.2, 0) is 0 Å². The number of amides is 1. The Kier molecular flexibility index (Phi) is 6.05. The van der Waals surface area contributed by atoms with E-state index in [0.29, 0.717) is 15.6 Å². The van der Waals surface area contributed by atoms with Crippen LogP contribution in [0.1, 0.15) is 46.8 Å². The standard InChI is InChI=1S/C27H21Cl2FN2O/c28-21-10-4-17(5-11-21)16-20-2-1-3-24-25(20)31-32(26(24)18-6-12-22(29)13-7-18)27(33)19-8-14-23(30)15-9-19/h4-16,24,26H,1-3H2. The Morgan fingerprint density at radius 2 is 1.58 bits per heavy atom. The van der Waals surface area contributed by atoms with Crippen molar-refractivity contribution in [2.45, 2.75) is 25.3 Å². The predicted octanol–water partition coefficient (Wildman–Crippen LogP) is 7.57. The van der Waals surface area contributed by atoms with E-state index >= 15 is 0 Å². The largest absolute Gasteiger partial charge is 0.274 e. The monoisotopic (exact) mass is 478 g/mol. The third kappa shape index (κ3) is 4.46. The predicted molar refractivity (Wildman–Crippen MR) is 131 cm³/mol. The fraction of sp³-hybridized carbons (Fsp3) is 0.185. The molecule has 3 nitrogen and oxygen atoms in total. The highest BCUT2D eigenvalue weighted by Crippen LogP contribution is 2.45. The molecule has 2 atom stereocenters. The van der Waals surface area contributed by atoms with Gasteiger partial charge >= 0.3 is 0 Å². The second-order valence-corrected chi connectivity index (χ2v) is 9.23. The number of nitrogens with zero attached hydrogens (tertiary/aromatic N) is 2. The quantitative estimate of drug-likeness (QED) is 0.381. The molecule has 166 valence electrons. The van der Waals surface area contributed by atoms with E-state index in [4.69, 9.17) is 28.3 Å². The molecule has 3 aromatic rings. The van der Waals surface area contributed by atoms with Crippen LogP contribution in [0.25, 0.3) is 6.08 Å².